The maximum atomic E-state index is 11.9. The summed E-state index contributed by atoms with van der Waals surface area (Å²) in [6.07, 6.45) is 0.387. The van der Waals surface area contributed by atoms with Crippen LogP contribution in [0, 0.1) is 0 Å². The number of amides is 2. The summed E-state index contributed by atoms with van der Waals surface area (Å²) in [5.41, 5.74) is 6.92. The van der Waals surface area contributed by atoms with Gasteiger partial charge in [-0.25, -0.2) is 0 Å². The lowest BCUT2D eigenvalue weighted by Crippen LogP contribution is -2.22. The molecule has 0 bridgehead atoms. The highest BCUT2D eigenvalue weighted by Gasteiger charge is 2.28. The lowest BCUT2D eigenvalue weighted by Gasteiger charge is -2.23. The molecule has 2 amide bonds. The molecule has 23 heavy (non-hydrogen) atoms. The van der Waals surface area contributed by atoms with Gasteiger partial charge in [0.15, 0.2) is 18.1 Å². The molecule has 0 unspecified atom stereocenters. The van der Waals surface area contributed by atoms with Crippen LogP contribution in [-0.2, 0) is 9.59 Å². The summed E-state index contributed by atoms with van der Waals surface area (Å²) in [5, 5.41) is 4.84. The number of anilines is 1. The third kappa shape index (κ3) is 3.14. The first-order chi connectivity index (χ1) is 11.1. The largest absolute Gasteiger partial charge is 0.493 e. The molecular weight excluding hydrogens is 316 g/mol. The van der Waals surface area contributed by atoms with Crippen LogP contribution in [-0.4, -0.2) is 25.5 Å². The van der Waals surface area contributed by atoms with Gasteiger partial charge in [-0.1, -0.05) is 6.07 Å². The molecule has 1 aromatic heterocycles. The van der Waals surface area contributed by atoms with E-state index in [0.29, 0.717) is 17.9 Å². The highest BCUT2D eigenvalue weighted by Crippen LogP contribution is 2.42. The van der Waals surface area contributed by atoms with E-state index in [2.05, 4.69) is 5.32 Å². The number of carbonyl (C=O) groups is 2. The van der Waals surface area contributed by atoms with E-state index in [9.17, 15) is 9.59 Å². The summed E-state index contributed by atoms with van der Waals surface area (Å²) in [7, 11) is 1.53. The lowest BCUT2D eigenvalue weighted by molar-refractivity contribution is -0.120. The van der Waals surface area contributed by atoms with Crippen LogP contribution in [0.2, 0.25) is 0 Å². The molecule has 6 nitrogen and oxygen atoms in total. The average Bonchev–Trinajstić information content (AvgIpc) is 3.00. The first kappa shape index (κ1) is 15.4. The van der Waals surface area contributed by atoms with Crippen LogP contribution >= 0.6 is 11.3 Å². The molecule has 2 heterocycles. The molecule has 0 aliphatic carbocycles. The van der Waals surface area contributed by atoms with Gasteiger partial charge in [-0.15, -0.1) is 11.3 Å². The van der Waals surface area contributed by atoms with Crippen LogP contribution in [0.4, 0.5) is 5.69 Å². The van der Waals surface area contributed by atoms with Gasteiger partial charge in [-0.2, -0.15) is 0 Å². The van der Waals surface area contributed by atoms with Gasteiger partial charge in [0.1, 0.15) is 0 Å². The Hall–Kier alpha value is -2.54. The van der Waals surface area contributed by atoms with E-state index in [-0.39, 0.29) is 18.4 Å². The summed E-state index contributed by atoms with van der Waals surface area (Å²) < 4.78 is 10.7. The molecule has 3 rings (SSSR count). The minimum atomic E-state index is -0.552. The fraction of sp³-hybridized carbons (Fsp3) is 0.250. The number of ether oxygens (including phenoxy) is 2. The minimum Gasteiger partial charge on any atom is -0.493 e. The zero-order chi connectivity index (χ0) is 16.4. The first-order valence-corrected chi connectivity index (χ1v) is 7.92. The quantitative estimate of drug-likeness (QED) is 0.877. The Kier molecular flexibility index (Phi) is 4.20. The van der Waals surface area contributed by atoms with Gasteiger partial charge < -0.3 is 20.5 Å². The van der Waals surface area contributed by atoms with Crippen molar-refractivity contribution in [2.24, 2.45) is 5.73 Å². The summed E-state index contributed by atoms with van der Waals surface area (Å²) in [6.45, 7) is -0.212. The predicted molar refractivity (Wildman–Crippen MR) is 87.1 cm³/mol. The van der Waals surface area contributed by atoms with Crippen molar-refractivity contribution < 1.29 is 19.1 Å². The second-order valence-electron chi connectivity index (χ2n) is 5.17. The Morgan fingerprint density at radius 3 is 2.96 bits per heavy atom. The highest BCUT2D eigenvalue weighted by molar-refractivity contribution is 7.10. The molecule has 1 aliphatic rings. The van der Waals surface area contributed by atoms with E-state index in [0.717, 1.165) is 16.1 Å². The highest BCUT2D eigenvalue weighted by atomic mass is 32.1. The summed E-state index contributed by atoms with van der Waals surface area (Å²) in [5.74, 6) is 0.379. The van der Waals surface area contributed by atoms with Gasteiger partial charge in [0.2, 0.25) is 5.91 Å². The Morgan fingerprint density at radius 1 is 1.39 bits per heavy atom. The van der Waals surface area contributed by atoms with Crippen molar-refractivity contribution in [1.29, 1.82) is 0 Å². The second-order valence-corrected chi connectivity index (χ2v) is 6.12. The molecule has 1 aliphatic heterocycles. The number of thiophene rings is 1. The van der Waals surface area contributed by atoms with Gasteiger partial charge >= 0.3 is 0 Å². The zero-order valence-corrected chi connectivity index (χ0v) is 13.3. The molecule has 0 spiro atoms. The number of hydrogen-bond acceptors (Lipinski definition) is 5. The normalized spacial score (nSPS) is 16.4. The molecule has 0 radical (unpaired) electrons. The number of fused-ring (bicyclic) bond motifs is 1. The number of hydrogen-bond donors (Lipinski definition) is 2. The van der Waals surface area contributed by atoms with Crippen LogP contribution < -0.4 is 20.5 Å². The smallest absolute Gasteiger partial charge is 0.255 e. The number of methoxy groups -OCH3 is 1. The van der Waals surface area contributed by atoms with Gasteiger partial charge in [0, 0.05) is 17.2 Å². The number of benzene rings is 1. The number of nitrogens with one attached hydrogen (secondary N) is 1. The van der Waals surface area contributed by atoms with Crippen molar-refractivity contribution in [3.63, 3.8) is 0 Å². The van der Waals surface area contributed by atoms with Crippen LogP contribution in [0.25, 0.3) is 0 Å². The second kappa shape index (κ2) is 6.29. The Morgan fingerprint density at radius 2 is 2.22 bits per heavy atom. The maximum Gasteiger partial charge on any atom is 0.255 e. The van der Waals surface area contributed by atoms with Crippen LogP contribution in [0.3, 0.4) is 0 Å². The lowest BCUT2D eigenvalue weighted by atomic mass is 9.90. The summed E-state index contributed by atoms with van der Waals surface area (Å²) >= 11 is 1.61. The van der Waals surface area contributed by atoms with Crippen molar-refractivity contribution in [3.8, 4) is 11.5 Å². The standard InChI is InChI=1S/C16H16N2O4S/c1-21-13-6-9(2-3-12(13)22-8-14(17)19)10-7-15(20)18-11-4-5-23-16(10)11/h2-6,10H,7-8H2,1H3,(H2,17,19)(H,18,20)/t10-/m0/s1. The topological polar surface area (TPSA) is 90.7 Å². The third-order valence-electron chi connectivity index (χ3n) is 3.64. The summed E-state index contributed by atoms with van der Waals surface area (Å²) in [6, 6.07) is 7.36. The number of carbonyl (C=O) groups excluding carboxylic acids is 2. The fourth-order valence-electron chi connectivity index (χ4n) is 2.61. The van der Waals surface area contributed by atoms with Gasteiger partial charge in [0.25, 0.3) is 5.91 Å². The van der Waals surface area contributed by atoms with Crippen molar-refractivity contribution in [2.75, 3.05) is 19.0 Å². The van der Waals surface area contributed by atoms with Crippen molar-refractivity contribution in [1.82, 2.24) is 0 Å². The van der Waals surface area contributed by atoms with E-state index < -0.39 is 5.91 Å². The molecular formula is C16H16N2O4S. The molecule has 2 aromatic rings. The van der Waals surface area contributed by atoms with Crippen molar-refractivity contribution in [3.05, 3.63) is 40.1 Å². The number of primary amides is 1. The van der Waals surface area contributed by atoms with Crippen molar-refractivity contribution >= 4 is 28.8 Å². The maximum absolute atomic E-state index is 11.9. The van der Waals surface area contributed by atoms with E-state index in [4.69, 9.17) is 15.2 Å². The molecule has 0 fully saturated rings. The SMILES string of the molecule is COc1cc([C@@H]2CC(=O)Nc3ccsc32)ccc1OCC(N)=O. The van der Waals surface area contributed by atoms with E-state index in [1.165, 1.54) is 7.11 Å². The third-order valence-corrected chi connectivity index (χ3v) is 4.67. The molecule has 7 heteroatoms. The zero-order valence-electron chi connectivity index (χ0n) is 12.5. The monoisotopic (exact) mass is 332 g/mol. The average molecular weight is 332 g/mol. The van der Waals surface area contributed by atoms with E-state index in [1.54, 1.807) is 17.4 Å². The molecule has 0 saturated carbocycles. The summed E-state index contributed by atoms with van der Waals surface area (Å²) in [4.78, 5) is 23.9. The molecule has 3 N–H and O–H groups in total. The van der Waals surface area contributed by atoms with E-state index in [1.807, 2.05) is 23.6 Å². The molecule has 1 aromatic carbocycles. The first-order valence-electron chi connectivity index (χ1n) is 7.04. The fourth-order valence-corrected chi connectivity index (χ4v) is 3.59. The molecule has 120 valence electrons. The van der Waals surface area contributed by atoms with Crippen LogP contribution in [0.15, 0.2) is 29.6 Å². The van der Waals surface area contributed by atoms with Gasteiger partial charge in [-0.3, -0.25) is 9.59 Å². The number of nitrogens with two attached hydrogens (primary N) is 1. The van der Waals surface area contributed by atoms with Gasteiger partial charge in [0.05, 0.1) is 12.8 Å². The molecule has 0 saturated heterocycles. The van der Waals surface area contributed by atoms with Gasteiger partial charge in [-0.05, 0) is 29.1 Å². The molecule has 1 atom stereocenters. The van der Waals surface area contributed by atoms with Crippen LogP contribution in [0.1, 0.15) is 22.8 Å². The Labute approximate surface area is 137 Å². The van der Waals surface area contributed by atoms with Crippen LogP contribution in [0.5, 0.6) is 11.5 Å². The Balaban J connectivity index is 1.92. The predicted octanol–water partition coefficient (Wildman–Crippen LogP) is 2.09. The van der Waals surface area contributed by atoms with E-state index >= 15 is 0 Å². The van der Waals surface area contributed by atoms with Crippen molar-refractivity contribution in [2.45, 2.75) is 12.3 Å². The number of rotatable bonds is 5. The Bertz CT molecular complexity index is 756. The minimum absolute atomic E-state index is 0.00563.